The first-order chi connectivity index (χ1) is 15.9. The number of sulfonamides is 1. The van der Waals surface area contributed by atoms with Crippen LogP contribution in [0.3, 0.4) is 0 Å². The summed E-state index contributed by atoms with van der Waals surface area (Å²) in [6.07, 6.45) is 1.75. The third-order valence-electron chi connectivity index (χ3n) is 5.66. The fraction of sp³-hybridized carbons (Fsp3) is 0.240. The van der Waals surface area contributed by atoms with Crippen LogP contribution in [0, 0.1) is 5.92 Å². The fourth-order valence-corrected chi connectivity index (χ4v) is 5.35. The Kier molecular flexibility index (Phi) is 7.33. The molecule has 0 aliphatic carbocycles. The van der Waals surface area contributed by atoms with Crippen LogP contribution in [0.1, 0.15) is 18.4 Å². The van der Waals surface area contributed by atoms with Gasteiger partial charge < -0.3 is 5.32 Å². The molecule has 1 atom stereocenters. The topological polar surface area (TPSA) is 78.5 Å². The summed E-state index contributed by atoms with van der Waals surface area (Å²) in [7, 11) is -3.86. The number of nitrogens with one attached hydrogen (secondary N) is 2. The van der Waals surface area contributed by atoms with E-state index in [-0.39, 0.29) is 16.7 Å². The molecule has 6 nitrogen and oxygen atoms in total. The van der Waals surface area contributed by atoms with Gasteiger partial charge in [-0.05, 0) is 55.3 Å². The maximum absolute atomic E-state index is 12.9. The van der Waals surface area contributed by atoms with Crippen molar-refractivity contribution in [1.29, 1.82) is 0 Å². The Morgan fingerprint density at radius 3 is 2.55 bits per heavy atom. The van der Waals surface area contributed by atoms with E-state index in [1.165, 1.54) is 17.7 Å². The van der Waals surface area contributed by atoms with Crippen LogP contribution < -0.4 is 10.0 Å². The zero-order chi connectivity index (χ0) is 23.3. The van der Waals surface area contributed by atoms with Crippen molar-refractivity contribution in [3.8, 4) is 0 Å². The van der Waals surface area contributed by atoms with Gasteiger partial charge in [-0.15, -0.1) is 0 Å². The molecule has 8 heteroatoms. The Labute approximate surface area is 199 Å². The molecule has 172 valence electrons. The molecule has 1 heterocycles. The van der Waals surface area contributed by atoms with E-state index >= 15 is 0 Å². The van der Waals surface area contributed by atoms with Crippen molar-refractivity contribution in [1.82, 2.24) is 4.90 Å². The average molecular weight is 484 g/mol. The standard InChI is InChI=1S/C25H26ClN3O3S/c26-23-13-4-5-14-24(23)28-33(31,32)22-12-6-11-21(16-22)27-25(30)20-10-7-15-29(18-20)17-19-8-2-1-3-9-19/h1-6,8-9,11-14,16,20,28H,7,10,15,17-18H2,(H,27,30). The van der Waals surface area contributed by atoms with Gasteiger partial charge in [-0.3, -0.25) is 14.4 Å². The van der Waals surface area contributed by atoms with E-state index in [0.717, 1.165) is 25.9 Å². The lowest BCUT2D eigenvalue weighted by Crippen LogP contribution is -2.40. The van der Waals surface area contributed by atoms with Gasteiger partial charge >= 0.3 is 0 Å². The van der Waals surface area contributed by atoms with Crippen molar-refractivity contribution in [2.75, 3.05) is 23.1 Å². The molecule has 0 aromatic heterocycles. The number of para-hydroxylation sites is 1. The first kappa shape index (κ1) is 23.3. The molecule has 0 radical (unpaired) electrons. The van der Waals surface area contributed by atoms with E-state index in [9.17, 15) is 13.2 Å². The van der Waals surface area contributed by atoms with Gasteiger partial charge in [0.1, 0.15) is 0 Å². The van der Waals surface area contributed by atoms with Gasteiger partial charge in [0.2, 0.25) is 5.91 Å². The smallest absolute Gasteiger partial charge is 0.262 e. The predicted octanol–water partition coefficient (Wildman–Crippen LogP) is 4.99. The van der Waals surface area contributed by atoms with Crippen LogP contribution in [0.15, 0.2) is 83.8 Å². The van der Waals surface area contributed by atoms with Crippen molar-refractivity contribution in [3.05, 3.63) is 89.4 Å². The molecule has 3 aromatic rings. The first-order valence-electron chi connectivity index (χ1n) is 10.9. The molecule has 0 spiro atoms. The largest absolute Gasteiger partial charge is 0.326 e. The monoisotopic (exact) mass is 483 g/mol. The Bertz CT molecular complexity index is 1220. The Balaban J connectivity index is 1.41. The molecular formula is C25H26ClN3O3S. The molecule has 1 saturated heterocycles. The zero-order valence-corrected chi connectivity index (χ0v) is 19.6. The second-order valence-electron chi connectivity index (χ2n) is 8.16. The summed E-state index contributed by atoms with van der Waals surface area (Å²) in [6.45, 7) is 2.44. The number of hydrogen-bond acceptors (Lipinski definition) is 4. The summed E-state index contributed by atoms with van der Waals surface area (Å²) in [6, 6.07) is 23.1. The van der Waals surface area contributed by atoms with Gasteiger partial charge in [-0.25, -0.2) is 8.42 Å². The van der Waals surface area contributed by atoms with Crippen LogP contribution in [0.4, 0.5) is 11.4 Å². The maximum Gasteiger partial charge on any atom is 0.262 e. The van der Waals surface area contributed by atoms with Crippen LogP contribution in [0.2, 0.25) is 5.02 Å². The highest BCUT2D eigenvalue weighted by Crippen LogP contribution is 2.26. The number of benzene rings is 3. The minimum Gasteiger partial charge on any atom is -0.326 e. The predicted molar refractivity (Wildman–Crippen MR) is 132 cm³/mol. The number of carbonyl (C=O) groups excluding carboxylic acids is 1. The molecule has 33 heavy (non-hydrogen) atoms. The van der Waals surface area contributed by atoms with Crippen molar-refractivity contribution in [2.45, 2.75) is 24.3 Å². The lowest BCUT2D eigenvalue weighted by molar-refractivity contribution is -0.121. The molecule has 1 amide bonds. The van der Waals surface area contributed by atoms with Crippen LogP contribution in [-0.2, 0) is 21.4 Å². The van der Waals surface area contributed by atoms with Gasteiger partial charge in [0.15, 0.2) is 0 Å². The molecule has 1 unspecified atom stereocenters. The molecular weight excluding hydrogens is 458 g/mol. The molecule has 1 fully saturated rings. The lowest BCUT2D eigenvalue weighted by atomic mass is 9.96. The molecule has 2 N–H and O–H groups in total. The number of likely N-dealkylation sites (tertiary alicyclic amines) is 1. The molecule has 0 bridgehead atoms. The molecule has 3 aromatic carbocycles. The van der Waals surface area contributed by atoms with E-state index in [4.69, 9.17) is 11.6 Å². The minimum atomic E-state index is -3.86. The third-order valence-corrected chi connectivity index (χ3v) is 7.35. The van der Waals surface area contributed by atoms with E-state index in [1.807, 2.05) is 18.2 Å². The Hall–Kier alpha value is -2.87. The Morgan fingerprint density at radius 2 is 1.76 bits per heavy atom. The average Bonchev–Trinajstić information content (AvgIpc) is 2.81. The second-order valence-corrected chi connectivity index (χ2v) is 10.3. The van der Waals surface area contributed by atoms with Crippen LogP contribution >= 0.6 is 11.6 Å². The normalized spacial score (nSPS) is 16.8. The summed E-state index contributed by atoms with van der Waals surface area (Å²) >= 11 is 6.08. The fourth-order valence-electron chi connectivity index (χ4n) is 3.99. The number of piperidine rings is 1. The minimum absolute atomic E-state index is 0.0505. The summed E-state index contributed by atoms with van der Waals surface area (Å²) in [5.74, 6) is -0.245. The van der Waals surface area contributed by atoms with Crippen LogP contribution in [0.5, 0.6) is 0 Å². The summed E-state index contributed by atoms with van der Waals surface area (Å²) in [5, 5.41) is 3.21. The van der Waals surface area contributed by atoms with E-state index in [1.54, 1.807) is 36.4 Å². The van der Waals surface area contributed by atoms with Crippen molar-refractivity contribution in [3.63, 3.8) is 0 Å². The zero-order valence-electron chi connectivity index (χ0n) is 18.1. The molecule has 0 saturated carbocycles. The Morgan fingerprint density at radius 1 is 1.00 bits per heavy atom. The SMILES string of the molecule is O=C(Nc1cccc(S(=O)(=O)Nc2ccccc2Cl)c1)C1CCCN(Cc2ccccc2)C1. The molecule has 1 aliphatic heterocycles. The number of rotatable bonds is 7. The number of hydrogen-bond donors (Lipinski definition) is 2. The number of amides is 1. The van der Waals surface area contributed by atoms with Crippen molar-refractivity contribution >= 4 is 38.9 Å². The summed E-state index contributed by atoms with van der Waals surface area (Å²) < 4.78 is 28.1. The van der Waals surface area contributed by atoms with Crippen LogP contribution in [-0.4, -0.2) is 32.3 Å². The van der Waals surface area contributed by atoms with Crippen LogP contribution in [0.25, 0.3) is 0 Å². The highest BCUT2D eigenvalue weighted by molar-refractivity contribution is 7.92. The van der Waals surface area contributed by atoms with Gasteiger partial charge in [0.05, 0.1) is 21.5 Å². The van der Waals surface area contributed by atoms with Gasteiger partial charge in [0.25, 0.3) is 10.0 Å². The van der Waals surface area contributed by atoms with Gasteiger partial charge in [-0.1, -0.05) is 60.1 Å². The maximum atomic E-state index is 12.9. The number of carbonyl (C=O) groups is 1. The first-order valence-corrected chi connectivity index (χ1v) is 12.7. The van der Waals surface area contributed by atoms with Crippen molar-refractivity contribution < 1.29 is 13.2 Å². The van der Waals surface area contributed by atoms with E-state index < -0.39 is 10.0 Å². The quantitative estimate of drug-likeness (QED) is 0.496. The van der Waals surface area contributed by atoms with Gasteiger partial charge in [0, 0.05) is 18.8 Å². The van der Waals surface area contributed by atoms with Crippen molar-refractivity contribution in [2.24, 2.45) is 5.92 Å². The highest BCUT2D eigenvalue weighted by Gasteiger charge is 2.26. The summed E-state index contributed by atoms with van der Waals surface area (Å²) in [5.41, 5.74) is 1.97. The third kappa shape index (κ3) is 6.13. The lowest BCUT2D eigenvalue weighted by Gasteiger charge is -2.32. The number of halogens is 1. The molecule has 1 aliphatic rings. The highest BCUT2D eigenvalue weighted by atomic mass is 35.5. The second kappa shape index (κ2) is 10.4. The van der Waals surface area contributed by atoms with E-state index in [0.29, 0.717) is 22.9 Å². The van der Waals surface area contributed by atoms with Gasteiger partial charge in [-0.2, -0.15) is 0 Å². The number of anilines is 2. The van der Waals surface area contributed by atoms with E-state index in [2.05, 4.69) is 27.1 Å². The summed E-state index contributed by atoms with van der Waals surface area (Å²) in [4.78, 5) is 15.3. The molecule has 4 rings (SSSR count). The number of nitrogens with zero attached hydrogens (tertiary/aromatic N) is 1.